The highest BCUT2D eigenvalue weighted by Crippen LogP contribution is 2.39. The first-order valence-electron chi connectivity index (χ1n) is 14.9. The molecule has 2 aromatic carbocycles. The lowest BCUT2D eigenvalue weighted by molar-refractivity contribution is -0.138. The minimum Gasteiger partial charge on any atom is -0.457 e. The third kappa shape index (κ3) is 5.45. The summed E-state index contributed by atoms with van der Waals surface area (Å²) in [7, 11) is 0. The number of carbonyl (C=O) groups is 1. The van der Waals surface area contributed by atoms with Crippen LogP contribution in [0.1, 0.15) is 51.8 Å². The van der Waals surface area contributed by atoms with E-state index in [-0.39, 0.29) is 11.9 Å². The molecule has 2 aliphatic heterocycles. The average molecular weight is 563 g/mol. The van der Waals surface area contributed by atoms with Crippen molar-refractivity contribution in [1.29, 1.82) is 0 Å². The van der Waals surface area contributed by atoms with Crippen molar-refractivity contribution in [3.8, 4) is 34.5 Å². The van der Waals surface area contributed by atoms with E-state index in [0.717, 1.165) is 78.4 Å². The molecule has 2 fully saturated rings. The summed E-state index contributed by atoms with van der Waals surface area (Å²) in [5.41, 5.74) is 10.2. The number of aromatic nitrogens is 3. The van der Waals surface area contributed by atoms with Gasteiger partial charge in [-0.3, -0.25) is 9.69 Å². The Morgan fingerprint density at radius 3 is 2.38 bits per heavy atom. The smallest absolute Gasteiger partial charge is 0.222 e. The summed E-state index contributed by atoms with van der Waals surface area (Å²) in [6, 6.07) is 18.4. The molecule has 0 saturated carbocycles. The predicted molar refractivity (Wildman–Crippen MR) is 166 cm³/mol. The quantitative estimate of drug-likeness (QED) is 0.302. The van der Waals surface area contributed by atoms with Crippen LogP contribution < -0.4 is 10.5 Å². The van der Waals surface area contributed by atoms with Crippen LogP contribution in [0, 0.1) is 17.8 Å². The number of piperidine rings is 1. The Balaban J connectivity index is 1.28. The maximum Gasteiger partial charge on any atom is 0.222 e. The Morgan fingerprint density at radius 2 is 1.71 bits per heavy atom. The lowest BCUT2D eigenvalue weighted by atomic mass is 9.94. The van der Waals surface area contributed by atoms with Crippen LogP contribution in [0.2, 0.25) is 0 Å². The number of nitrogens with two attached hydrogens (primary N) is 1. The number of anilines is 1. The highest BCUT2D eigenvalue weighted by Gasteiger charge is 2.35. The van der Waals surface area contributed by atoms with Gasteiger partial charge in [-0.15, -0.1) is 0 Å². The van der Waals surface area contributed by atoms with E-state index in [1.807, 2.05) is 54.3 Å². The number of fused-ring (bicyclic) bond motifs is 1. The van der Waals surface area contributed by atoms with Crippen molar-refractivity contribution in [3.05, 3.63) is 66.6 Å². The fourth-order valence-electron chi connectivity index (χ4n) is 6.07. The van der Waals surface area contributed by atoms with E-state index in [1.165, 1.54) is 6.33 Å². The molecule has 0 aliphatic carbocycles. The molecule has 0 unspecified atom stereocenters. The predicted octanol–water partition coefficient (Wildman–Crippen LogP) is 5.74. The number of hydrogen-bond donors (Lipinski definition) is 1. The first kappa shape index (κ1) is 27.8. The van der Waals surface area contributed by atoms with Crippen molar-refractivity contribution < 1.29 is 9.53 Å². The highest BCUT2D eigenvalue weighted by molar-refractivity contribution is 6.03. The van der Waals surface area contributed by atoms with Crippen LogP contribution in [-0.2, 0) is 4.79 Å². The fraction of sp³-hybridized carbons (Fsp3) is 0.382. The maximum atomic E-state index is 11.9. The number of rotatable bonds is 6. The zero-order valence-corrected chi connectivity index (χ0v) is 24.6. The van der Waals surface area contributed by atoms with Gasteiger partial charge in [-0.1, -0.05) is 43.2 Å². The molecule has 6 rings (SSSR count). The molecular weight excluding hydrogens is 524 g/mol. The Hall–Kier alpha value is -4.35. The summed E-state index contributed by atoms with van der Waals surface area (Å²) < 4.78 is 8.22. The van der Waals surface area contributed by atoms with Crippen LogP contribution in [0.3, 0.4) is 0 Å². The number of hydrogen-bond acceptors (Lipinski definition) is 6. The van der Waals surface area contributed by atoms with Crippen LogP contribution in [0.25, 0.3) is 22.2 Å². The lowest BCUT2D eigenvalue weighted by Crippen LogP contribution is -2.62. The van der Waals surface area contributed by atoms with Crippen LogP contribution >= 0.6 is 0 Å². The molecule has 2 aliphatic rings. The number of amides is 1. The molecule has 1 amide bonds. The number of carbonyl (C=O) groups excluding carboxylic acids is 1. The van der Waals surface area contributed by atoms with E-state index in [4.69, 9.17) is 10.5 Å². The number of para-hydroxylation sites is 1. The van der Waals surface area contributed by atoms with Crippen molar-refractivity contribution in [2.75, 3.05) is 31.9 Å². The molecule has 42 heavy (non-hydrogen) atoms. The summed E-state index contributed by atoms with van der Waals surface area (Å²) >= 11 is 0. The molecule has 4 heterocycles. The first-order valence-corrected chi connectivity index (χ1v) is 14.9. The first-order chi connectivity index (χ1) is 20.4. The minimum absolute atomic E-state index is 0.134. The number of benzene rings is 2. The van der Waals surface area contributed by atoms with Crippen molar-refractivity contribution in [1.82, 2.24) is 24.3 Å². The van der Waals surface area contributed by atoms with Gasteiger partial charge in [0.25, 0.3) is 0 Å². The number of nitrogen functional groups attached to an aromatic ring is 1. The van der Waals surface area contributed by atoms with Gasteiger partial charge in [0.05, 0.1) is 5.39 Å². The second-order valence-corrected chi connectivity index (χ2v) is 11.5. The SMILES string of the molecule is CCC(=O)N1CC(N2CCC(C#Cc3c(-c4ccc(Oc5ccccc5)cc4)c4c(N)ncnc4n3C(C)C)CC2)C1. The molecule has 0 spiro atoms. The number of nitrogens with zero attached hydrogens (tertiary/aromatic N) is 5. The zero-order valence-electron chi connectivity index (χ0n) is 24.6. The van der Waals surface area contributed by atoms with Crippen molar-refractivity contribution in [3.63, 3.8) is 0 Å². The molecule has 2 saturated heterocycles. The van der Waals surface area contributed by atoms with E-state index in [9.17, 15) is 4.79 Å². The standard InChI is InChI=1S/C34H38N6O2/c1-4-30(41)39-20-26(21-39)38-18-16-24(17-19-38)10-15-29-31(32-33(35)36-22-37-34(32)40(29)23(2)3)25-11-13-28(14-12-25)42-27-8-6-5-7-9-27/h5-9,11-14,22-24,26H,4,16-21H2,1-3H3,(H2,35,36,37). The second-order valence-electron chi connectivity index (χ2n) is 11.5. The topological polar surface area (TPSA) is 89.5 Å². The molecule has 0 radical (unpaired) electrons. The second kappa shape index (κ2) is 11.9. The molecule has 8 heteroatoms. The Labute approximate surface area is 247 Å². The highest BCUT2D eigenvalue weighted by atomic mass is 16.5. The molecule has 2 N–H and O–H groups in total. The van der Waals surface area contributed by atoms with Crippen LogP contribution in [0.15, 0.2) is 60.9 Å². The van der Waals surface area contributed by atoms with Gasteiger partial charge in [-0.2, -0.15) is 0 Å². The fourth-order valence-corrected chi connectivity index (χ4v) is 6.07. The van der Waals surface area contributed by atoms with E-state index in [1.54, 1.807) is 0 Å². The maximum absolute atomic E-state index is 11.9. The molecular formula is C34H38N6O2. The van der Waals surface area contributed by atoms with Crippen LogP contribution in [-0.4, -0.2) is 62.5 Å². The van der Waals surface area contributed by atoms with Gasteiger partial charge in [-0.25, -0.2) is 9.97 Å². The number of likely N-dealkylation sites (tertiary alicyclic amines) is 2. The zero-order chi connectivity index (χ0) is 29.2. The van der Waals surface area contributed by atoms with Crippen LogP contribution in [0.4, 0.5) is 5.82 Å². The van der Waals surface area contributed by atoms with Gasteiger partial charge in [0, 0.05) is 43.1 Å². The summed E-state index contributed by atoms with van der Waals surface area (Å²) in [6.45, 7) is 9.97. The van der Waals surface area contributed by atoms with Gasteiger partial charge in [-0.05, 0) is 75.5 Å². The third-order valence-electron chi connectivity index (χ3n) is 8.41. The summed E-state index contributed by atoms with van der Waals surface area (Å²) in [4.78, 5) is 25.4. The minimum atomic E-state index is 0.134. The van der Waals surface area contributed by atoms with E-state index < -0.39 is 0 Å². The van der Waals surface area contributed by atoms with Crippen LogP contribution in [0.5, 0.6) is 11.5 Å². The normalized spacial score (nSPS) is 16.3. The van der Waals surface area contributed by atoms with E-state index in [0.29, 0.717) is 24.2 Å². The monoisotopic (exact) mass is 562 g/mol. The number of ether oxygens (including phenoxy) is 1. The molecule has 4 aromatic rings. The molecule has 0 bridgehead atoms. The molecule has 8 nitrogen and oxygen atoms in total. The largest absolute Gasteiger partial charge is 0.457 e. The van der Waals surface area contributed by atoms with Gasteiger partial charge < -0.3 is 19.9 Å². The molecule has 2 aromatic heterocycles. The van der Waals surface area contributed by atoms with Gasteiger partial charge in [0.15, 0.2) is 0 Å². The van der Waals surface area contributed by atoms with Crippen molar-refractivity contribution in [2.24, 2.45) is 5.92 Å². The van der Waals surface area contributed by atoms with Crippen molar-refractivity contribution in [2.45, 2.75) is 52.1 Å². The average Bonchev–Trinajstić information content (AvgIpc) is 3.32. The van der Waals surface area contributed by atoms with Crippen molar-refractivity contribution >= 4 is 22.8 Å². The third-order valence-corrected chi connectivity index (χ3v) is 8.41. The summed E-state index contributed by atoms with van der Waals surface area (Å²) in [5, 5.41) is 0.832. The Kier molecular flexibility index (Phi) is 7.86. The van der Waals surface area contributed by atoms with Gasteiger partial charge in [0.1, 0.15) is 35.0 Å². The van der Waals surface area contributed by atoms with Gasteiger partial charge >= 0.3 is 0 Å². The summed E-state index contributed by atoms with van der Waals surface area (Å²) in [6.07, 6.45) is 4.16. The lowest BCUT2D eigenvalue weighted by Gasteiger charge is -2.47. The van der Waals surface area contributed by atoms with E-state index >= 15 is 0 Å². The summed E-state index contributed by atoms with van der Waals surface area (Å²) in [5.74, 6) is 9.78. The molecule has 216 valence electrons. The van der Waals surface area contributed by atoms with E-state index in [2.05, 4.69) is 57.3 Å². The molecule has 0 atom stereocenters. The van der Waals surface area contributed by atoms with Gasteiger partial charge in [0.2, 0.25) is 5.91 Å². The Morgan fingerprint density at radius 1 is 1.02 bits per heavy atom. The Bertz CT molecular complexity index is 1620.